The number of nitriles is 1. The van der Waals surface area contributed by atoms with Crippen molar-refractivity contribution in [2.24, 2.45) is 17.8 Å². The van der Waals surface area contributed by atoms with Crippen molar-refractivity contribution in [3.05, 3.63) is 155 Å². The number of piperidine rings is 1. The Labute approximate surface area is 349 Å². The zero-order chi connectivity index (χ0) is 41.7. The average molecular weight is 808 g/mol. The molecule has 2 heterocycles. The summed E-state index contributed by atoms with van der Waals surface area (Å²) in [5, 5.41) is 19.3. The van der Waals surface area contributed by atoms with Gasteiger partial charge in [-0.1, -0.05) is 136 Å². The van der Waals surface area contributed by atoms with Crippen LogP contribution in [-0.2, 0) is 24.6 Å². The first-order valence-electron chi connectivity index (χ1n) is 19.9. The Balaban J connectivity index is 1.33. The Morgan fingerprint density at radius 1 is 0.831 bits per heavy atom. The molecule has 0 saturated carbocycles. The number of hydrogen-bond donors (Lipinski definition) is 1. The third-order valence-electron chi connectivity index (χ3n) is 10.7. The zero-order valence-corrected chi connectivity index (χ0v) is 34.2. The van der Waals surface area contributed by atoms with E-state index in [1.165, 1.54) is 4.90 Å². The van der Waals surface area contributed by atoms with Crippen molar-refractivity contribution in [2.45, 2.75) is 52.4 Å². The number of aromatic nitrogens is 2. The summed E-state index contributed by atoms with van der Waals surface area (Å²) >= 11 is 6.74. The minimum atomic E-state index is -1.06. The van der Waals surface area contributed by atoms with Gasteiger partial charge >= 0.3 is 12.1 Å². The van der Waals surface area contributed by atoms with Crippen LogP contribution in [0.1, 0.15) is 62.8 Å². The van der Waals surface area contributed by atoms with Gasteiger partial charge < -0.3 is 19.7 Å². The summed E-state index contributed by atoms with van der Waals surface area (Å²) in [6.07, 6.45) is -0.601. The molecule has 300 valence electrons. The maximum atomic E-state index is 14.4. The second kappa shape index (κ2) is 17.6. The molecule has 1 fully saturated rings. The number of nitrogens with one attached hydrogen (secondary N) is 1. The lowest BCUT2D eigenvalue weighted by molar-refractivity contribution is -0.180. The number of amides is 2. The van der Waals surface area contributed by atoms with E-state index < -0.39 is 29.8 Å². The molecular weight excluding hydrogens is 762 g/mol. The van der Waals surface area contributed by atoms with Crippen molar-refractivity contribution < 1.29 is 23.9 Å². The van der Waals surface area contributed by atoms with E-state index in [0.717, 1.165) is 27.8 Å². The number of nitrogens with zero attached hydrogens (tertiary/aromatic N) is 4. The summed E-state index contributed by atoms with van der Waals surface area (Å²) in [6, 6.07) is 43.6. The number of esters is 1. The molecule has 0 bridgehead atoms. The van der Waals surface area contributed by atoms with Crippen molar-refractivity contribution >= 4 is 46.3 Å². The van der Waals surface area contributed by atoms with Gasteiger partial charge in [-0.2, -0.15) is 10.4 Å². The highest BCUT2D eigenvalue weighted by atomic mass is 35.5. The van der Waals surface area contributed by atoms with Crippen LogP contribution in [0.25, 0.3) is 22.0 Å². The molecule has 10 nitrogen and oxygen atoms in total. The molecule has 11 heteroatoms. The fraction of sp³-hybridized carbons (Fsp3) is 0.271. The molecule has 6 aromatic rings. The Bertz CT molecular complexity index is 2400. The summed E-state index contributed by atoms with van der Waals surface area (Å²) in [5.74, 6) is -1.68. The topological polar surface area (TPSA) is 127 Å². The quantitative estimate of drug-likeness (QED) is 0.0785. The van der Waals surface area contributed by atoms with Crippen molar-refractivity contribution in [3.63, 3.8) is 0 Å². The first-order chi connectivity index (χ1) is 28.5. The van der Waals surface area contributed by atoms with Gasteiger partial charge in [-0.25, -0.2) is 9.48 Å². The largest absolute Gasteiger partial charge is 0.425 e. The lowest BCUT2D eigenvalue weighted by atomic mass is 9.77. The van der Waals surface area contributed by atoms with E-state index in [1.807, 2.05) is 91.3 Å². The van der Waals surface area contributed by atoms with Gasteiger partial charge in [0.1, 0.15) is 5.54 Å². The molecule has 1 unspecified atom stereocenters. The van der Waals surface area contributed by atoms with Crippen LogP contribution in [-0.4, -0.2) is 52.0 Å². The standard InChI is InChI=1S/C48H46ClN5O5/c1-31(2)45(56)58-46(32(3)4)59-47(57)53-26-14-15-35(30-53)44(55)51-43-40-28-34(39-27-33(29-50)22-24-41(39)49)23-25-42(40)54(52-43)48(36-16-8-5-9-17-36,37-18-10-6-11-19-37)38-20-12-7-13-21-38/h5-13,16-25,27-28,31-32,35,46H,14-15,26,30H2,1-4H3,(H,51,52,55)/t35-,46?/m1/s1. The molecule has 1 N–H and O–H groups in total. The van der Waals surface area contributed by atoms with E-state index in [9.17, 15) is 19.6 Å². The molecule has 1 saturated heterocycles. The van der Waals surface area contributed by atoms with E-state index in [0.29, 0.717) is 46.7 Å². The van der Waals surface area contributed by atoms with Gasteiger partial charge in [0.25, 0.3) is 6.29 Å². The van der Waals surface area contributed by atoms with Gasteiger partial charge in [0, 0.05) is 35.0 Å². The third kappa shape index (κ3) is 8.30. The lowest BCUT2D eigenvalue weighted by Gasteiger charge is -2.37. The van der Waals surface area contributed by atoms with Crippen molar-refractivity contribution in [1.82, 2.24) is 14.7 Å². The van der Waals surface area contributed by atoms with Crippen LogP contribution in [0.2, 0.25) is 5.02 Å². The normalized spacial score (nSPS) is 14.8. The molecule has 5 aromatic carbocycles. The number of ether oxygens (including phenoxy) is 2. The number of likely N-dealkylation sites (tertiary alicyclic amines) is 1. The SMILES string of the molecule is CC(C)C(=O)OC(OC(=O)N1CCC[C@@H](C(=O)Nc2nn(C(c3ccccc3)(c3ccccc3)c3ccccc3)c3ccc(-c4cc(C#N)ccc4Cl)cc23)C1)C(C)C. The third-order valence-corrected chi connectivity index (χ3v) is 11.1. The number of halogens is 1. The first kappa shape index (κ1) is 40.7. The minimum Gasteiger partial charge on any atom is -0.425 e. The predicted molar refractivity (Wildman–Crippen MR) is 228 cm³/mol. The van der Waals surface area contributed by atoms with Gasteiger partial charge in [-0.05, 0) is 65.4 Å². The van der Waals surface area contributed by atoms with Crippen molar-refractivity contribution in [3.8, 4) is 17.2 Å². The Morgan fingerprint density at radius 2 is 1.44 bits per heavy atom. The fourth-order valence-electron chi connectivity index (χ4n) is 7.65. The van der Waals surface area contributed by atoms with E-state index >= 15 is 0 Å². The molecule has 1 aromatic heterocycles. The van der Waals surface area contributed by atoms with Crippen LogP contribution in [0.4, 0.5) is 10.6 Å². The van der Waals surface area contributed by atoms with E-state index in [-0.39, 0.29) is 24.3 Å². The number of rotatable bonds is 11. The molecule has 0 radical (unpaired) electrons. The van der Waals surface area contributed by atoms with Crippen LogP contribution in [0.15, 0.2) is 127 Å². The van der Waals surface area contributed by atoms with Gasteiger partial charge in [-0.15, -0.1) is 0 Å². The summed E-state index contributed by atoms with van der Waals surface area (Å²) in [6.45, 7) is 7.55. The number of carbonyl (C=O) groups excluding carboxylic acids is 3. The lowest BCUT2D eigenvalue weighted by Crippen LogP contribution is -2.46. The average Bonchev–Trinajstić information content (AvgIpc) is 3.62. The molecule has 0 aliphatic carbocycles. The number of fused-ring (bicyclic) bond motifs is 1. The van der Waals surface area contributed by atoms with Crippen LogP contribution in [0.3, 0.4) is 0 Å². The van der Waals surface area contributed by atoms with Crippen LogP contribution in [0.5, 0.6) is 0 Å². The van der Waals surface area contributed by atoms with Gasteiger partial charge in [0.05, 0.1) is 29.0 Å². The fourth-order valence-corrected chi connectivity index (χ4v) is 7.88. The van der Waals surface area contributed by atoms with E-state index in [1.54, 1.807) is 32.0 Å². The van der Waals surface area contributed by atoms with Gasteiger partial charge in [-0.3, -0.25) is 9.59 Å². The van der Waals surface area contributed by atoms with Crippen LogP contribution in [0, 0.1) is 29.1 Å². The number of benzene rings is 5. The van der Waals surface area contributed by atoms with Gasteiger partial charge in [0.15, 0.2) is 5.82 Å². The molecule has 7 rings (SSSR count). The molecule has 0 spiro atoms. The van der Waals surface area contributed by atoms with E-state index in [4.69, 9.17) is 26.2 Å². The Morgan fingerprint density at radius 3 is 2.00 bits per heavy atom. The number of carbonyl (C=O) groups is 3. The highest BCUT2D eigenvalue weighted by molar-refractivity contribution is 6.33. The molecule has 2 atom stereocenters. The summed E-state index contributed by atoms with van der Waals surface area (Å²) < 4.78 is 13.2. The highest BCUT2D eigenvalue weighted by Crippen LogP contribution is 2.44. The van der Waals surface area contributed by atoms with Crippen LogP contribution >= 0.6 is 11.6 Å². The maximum Gasteiger partial charge on any atom is 0.412 e. The van der Waals surface area contributed by atoms with Crippen molar-refractivity contribution in [2.75, 3.05) is 18.4 Å². The second-order valence-corrected chi connectivity index (χ2v) is 15.9. The Hall–Kier alpha value is -6.44. The monoisotopic (exact) mass is 807 g/mol. The maximum absolute atomic E-state index is 14.4. The molecule has 59 heavy (non-hydrogen) atoms. The summed E-state index contributed by atoms with van der Waals surface area (Å²) in [4.78, 5) is 41.8. The Kier molecular flexibility index (Phi) is 12.1. The second-order valence-electron chi connectivity index (χ2n) is 15.5. The van der Waals surface area contributed by atoms with Crippen molar-refractivity contribution in [1.29, 1.82) is 5.26 Å². The minimum absolute atomic E-state index is 0.107. The molecule has 1 aliphatic heterocycles. The zero-order valence-electron chi connectivity index (χ0n) is 33.5. The molecule has 2 amide bonds. The summed E-state index contributed by atoms with van der Waals surface area (Å²) in [7, 11) is 0. The highest BCUT2D eigenvalue weighted by Gasteiger charge is 2.41. The number of hydrogen-bond acceptors (Lipinski definition) is 7. The molecule has 1 aliphatic rings. The molecular formula is C48H46ClN5O5. The van der Waals surface area contributed by atoms with E-state index in [2.05, 4.69) is 47.8 Å². The number of anilines is 1. The predicted octanol–water partition coefficient (Wildman–Crippen LogP) is 10.0. The van der Waals surface area contributed by atoms with Gasteiger partial charge in [0.2, 0.25) is 5.91 Å². The van der Waals surface area contributed by atoms with Crippen LogP contribution < -0.4 is 5.32 Å². The first-order valence-corrected chi connectivity index (χ1v) is 20.3. The summed E-state index contributed by atoms with van der Waals surface area (Å²) in [5.41, 5.74) is 4.46. The smallest absolute Gasteiger partial charge is 0.412 e.